The highest BCUT2D eigenvalue weighted by Crippen LogP contribution is 2.17. The molecule has 0 spiro atoms. The van der Waals surface area contributed by atoms with Gasteiger partial charge in [-0.25, -0.2) is 9.98 Å². The topological polar surface area (TPSA) is 69.6 Å². The van der Waals surface area contributed by atoms with E-state index in [0.717, 1.165) is 16.3 Å². The molecular weight excluding hydrogens is 358 g/mol. The van der Waals surface area contributed by atoms with Gasteiger partial charge in [-0.1, -0.05) is 44.2 Å². The number of likely N-dealkylation sites (N-methyl/N-ethyl adjacent to an activating group) is 1. The second kappa shape index (κ2) is 10.1. The van der Waals surface area contributed by atoms with E-state index in [4.69, 9.17) is 0 Å². The third-order valence-corrected chi connectivity index (χ3v) is 4.96. The second-order valence-corrected chi connectivity index (χ2v) is 7.85. The van der Waals surface area contributed by atoms with Crippen molar-refractivity contribution in [2.45, 2.75) is 39.3 Å². The smallest absolute Gasteiger partial charge is 0.243 e. The molecular formula is C20H29N5OS. The van der Waals surface area contributed by atoms with Crippen molar-refractivity contribution in [3.05, 3.63) is 52.0 Å². The zero-order chi connectivity index (χ0) is 19.8. The first-order valence-electron chi connectivity index (χ1n) is 9.11. The van der Waals surface area contributed by atoms with Crippen molar-refractivity contribution in [1.29, 1.82) is 0 Å². The summed E-state index contributed by atoms with van der Waals surface area (Å²) < 4.78 is 0. The lowest BCUT2D eigenvalue weighted by Crippen LogP contribution is -2.39. The monoisotopic (exact) mass is 387 g/mol. The van der Waals surface area contributed by atoms with E-state index in [2.05, 4.69) is 58.9 Å². The van der Waals surface area contributed by atoms with Crippen LogP contribution in [0, 0.1) is 0 Å². The molecule has 1 heterocycles. The zero-order valence-electron chi connectivity index (χ0n) is 16.7. The number of carbonyl (C=O) groups excluding carboxylic acids is 1. The molecule has 0 fully saturated rings. The zero-order valence-corrected chi connectivity index (χ0v) is 17.5. The number of thiazole rings is 1. The molecule has 7 heteroatoms. The van der Waals surface area contributed by atoms with Gasteiger partial charge in [-0.05, 0) is 18.4 Å². The van der Waals surface area contributed by atoms with Crippen molar-refractivity contribution in [3.8, 4) is 0 Å². The number of aliphatic imine (C=N–C) groups is 1. The number of hydrogen-bond donors (Lipinski definition) is 2. The quantitative estimate of drug-likeness (QED) is 0.566. The number of nitrogens with one attached hydrogen (secondary N) is 2. The molecule has 1 amide bonds. The highest BCUT2D eigenvalue weighted by Gasteiger charge is 2.11. The predicted molar refractivity (Wildman–Crippen MR) is 112 cm³/mol. The minimum atomic E-state index is -0.0418. The molecule has 0 saturated carbocycles. The van der Waals surface area contributed by atoms with Crippen molar-refractivity contribution >= 4 is 23.2 Å². The Labute approximate surface area is 165 Å². The maximum atomic E-state index is 11.9. The van der Waals surface area contributed by atoms with E-state index < -0.39 is 0 Å². The van der Waals surface area contributed by atoms with Crippen molar-refractivity contribution < 1.29 is 4.79 Å². The summed E-state index contributed by atoms with van der Waals surface area (Å²) >= 11 is 1.63. The number of guanidine groups is 1. The standard InChI is InChI=1S/C20H29N5OS/c1-14(2)17-13-27-18(24-17)11-21-20(22-12-19(26)25(4)5)23-15(3)16-9-7-6-8-10-16/h6-10,13-15H,11-12H2,1-5H3,(H2,21,22,23). The van der Waals surface area contributed by atoms with E-state index in [0.29, 0.717) is 18.4 Å². The van der Waals surface area contributed by atoms with Crippen LogP contribution in [-0.4, -0.2) is 42.4 Å². The van der Waals surface area contributed by atoms with Crippen LogP contribution in [0.2, 0.25) is 0 Å². The molecule has 2 aromatic rings. The predicted octanol–water partition coefficient (Wildman–Crippen LogP) is 3.15. The Morgan fingerprint density at radius 2 is 1.93 bits per heavy atom. The van der Waals surface area contributed by atoms with Gasteiger partial charge in [-0.2, -0.15) is 0 Å². The molecule has 2 N–H and O–H groups in total. The maximum Gasteiger partial charge on any atom is 0.243 e. The fraction of sp³-hybridized carbons (Fsp3) is 0.450. The van der Waals surface area contributed by atoms with Gasteiger partial charge in [0.1, 0.15) is 11.6 Å². The summed E-state index contributed by atoms with van der Waals surface area (Å²) in [5.74, 6) is 0.972. The summed E-state index contributed by atoms with van der Waals surface area (Å²) in [6.07, 6.45) is 0. The molecule has 0 aliphatic carbocycles. The Bertz CT molecular complexity index is 755. The fourth-order valence-electron chi connectivity index (χ4n) is 2.30. The number of rotatable bonds is 7. The van der Waals surface area contributed by atoms with E-state index in [1.165, 1.54) is 4.90 Å². The lowest BCUT2D eigenvalue weighted by molar-refractivity contribution is -0.127. The van der Waals surface area contributed by atoms with Crippen LogP contribution in [0.4, 0.5) is 0 Å². The Hall–Kier alpha value is -2.41. The van der Waals surface area contributed by atoms with Crippen LogP contribution in [0.3, 0.4) is 0 Å². The van der Waals surface area contributed by atoms with Gasteiger partial charge < -0.3 is 15.5 Å². The van der Waals surface area contributed by atoms with Crippen LogP contribution in [0.25, 0.3) is 0 Å². The highest BCUT2D eigenvalue weighted by molar-refractivity contribution is 7.09. The molecule has 1 aromatic carbocycles. The minimum absolute atomic E-state index is 0.0418. The van der Waals surface area contributed by atoms with Crippen LogP contribution < -0.4 is 10.6 Å². The molecule has 146 valence electrons. The molecule has 6 nitrogen and oxygen atoms in total. The third kappa shape index (κ3) is 6.67. The van der Waals surface area contributed by atoms with E-state index in [9.17, 15) is 4.79 Å². The van der Waals surface area contributed by atoms with Gasteiger partial charge in [-0.15, -0.1) is 11.3 Å². The molecule has 2 rings (SSSR count). The van der Waals surface area contributed by atoms with E-state index in [-0.39, 0.29) is 18.5 Å². The number of nitrogens with zero attached hydrogens (tertiary/aromatic N) is 3. The number of benzene rings is 1. The molecule has 0 bridgehead atoms. The van der Waals surface area contributed by atoms with Crippen LogP contribution >= 0.6 is 11.3 Å². The average molecular weight is 388 g/mol. The Morgan fingerprint density at radius 1 is 1.22 bits per heavy atom. The summed E-state index contributed by atoms with van der Waals surface area (Å²) in [4.78, 5) is 22.5. The molecule has 1 unspecified atom stereocenters. The molecule has 0 aliphatic heterocycles. The minimum Gasteiger partial charge on any atom is -0.350 e. The molecule has 0 aliphatic rings. The highest BCUT2D eigenvalue weighted by atomic mass is 32.1. The Balaban J connectivity index is 2.06. The summed E-state index contributed by atoms with van der Waals surface area (Å²) in [5.41, 5.74) is 2.26. The molecule has 0 radical (unpaired) electrons. The first-order valence-corrected chi connectivity index (χ1v) is 9.99. The van der Waals surface area contributed by atoms with Gasteiger partial charge >= 0.3 is 0 Å². The van der Waals surface area contributed by atoms with Gasteiger partial charge in [0.2, 0.25) is 5.91 Å². The van der Waals surface area contributed by atoms with E-state index in [1.807, 2.05) is 18.2 Å². The van der Waals surface area contributed by atoms with Crippen LogP contribution in [0.5, 0.6) is 0 Å². The summed E-state index contributed by atoms with van der Waals surface area (Å²) in [5, 5.41) is 9.76. The number of hydrogen-bond acceptors (Lipinski definition) is 4. The average Bonchev–Trinajstić information content (AvgIpc) is 3.13. The fourth-order valence-corrected chi connectivity index (χ4v) is 3.20. The molecule has 1 aromatic heterocycles. The van der Waals surface area contributed by atoms with Crippen LogP contribution in [0.1, 0.15) is 49.0 Å². The largest absolute Gasteiger partial charge is 0.350 e. The number of amides is 1. The Morgan fingerprint density at radius 3 is 2.52 bits per heavy atom. The molecule has 27 heavy (non-hydrogen) atoms. The lowest BCUT2D eigenvalue weighted by Gasteiger charge is -2.18. The van der Waals surface area contributed by atoms with E-state index >= 15 is 0 Å². The lowest BCUT2D eigenvalue weighted by atomic mass is 10.1. The third-order valence-electron chi connectivity index (χ3n) is 4.09. The van der Waals surface area contributed by atoms with Gasteiger partial charge in [0, 0.05) is 19.5 Å². The Kier molecular flexibility index (Phi) is 7.79. The summed E-state index contributed by atoms with van der Waals surface area (Å²) in [6.45, 7) is 7.00. The van der Waals surface area contributed by atoms with Crippen molar-refractivity contribution in [3.63, 3.8) is 0 Å². The van der Waals surface area contributed by atoms with Crippen LogP contribution in [0.15, 0.2) is 40.7 Å². The SMILES string of the molecule is CC(C)c1csc(CNC(=NCC(=O)N(C)C)NC(C)c2ccccc2)n1. The number of carbonyl (C=O) groups is 1. The molecule has 1 atom stereocenters. The van der Waals surface area contributed by atoms with Crippen molar-refractivity contribution in [1.82, 2.24) is 20.5 Å². The van der Waals surface area contributed by atoms with Crippen molar-refractivity contribution in [2.75, 3.05) is 20.6 Å². The van der Waals surface area contributed by atoms with Gasteiger partial charge in [-0.3, -0.25) is 4.79 Å². The van der Waals surface area contributed by atoms with Crippen LogP contribution in [-0.2, 0) is 11.3 Å². The first kappa shape index (κ1) is 20.9. The summed E-state index contributed by atoms with van der Waals surface area (Å²) in [6, 6.07) is 10.2. The summed E-state index contributed by atoms with van der Waals surface area (Å²) in [7, 11) is 3.46. The maximum absolute atomic E-state index is 11.9. The van der Waals surface area contributed by atoms with Crippen molar-refractivity contribution in [2.24, 2.45) is 4.99 Å². The second-order valence-electron chi connectivity index (χ2n) is 6.90. The van der Waals surface area contributed by atoms with E-state index in [1.54, 1.807) is 25.4 Å². The first-order chi connectivity index (χ1) is 12.9. The van der Waals surface area contributed by atoms with Gasteiger partial charge in [0.05, 0.1) is 18.3 Å². The van der Waals surface area contributed by atoms with Gasteiger partial charge in [0.15, 0.2) is 5.96 Å². The van der Waals surface area contributed by atoms with Gasteiger partial charge in [0.25, 0.3) is 0 Å². The number of aromatic nitrogens is 1. The molecule has 0 saturated heterocycles. The normalized spacial score (nSPS) is 12.7.